The smallest absolute Gasteiger partial charge is 0.491 e. The third-order valence-corrected chi connectivity index (χ3v) is 6.16. The van der Waals surface area contributed by atoms with E-state index in [2.05, 4.69) is 29.2 Å². The Hall–Kier alpha value is -4.21. The normalized spacial score (nSPS) is 12.7. The van der Waals surface area contributed by atoms with E-state index in [9.17, 15) is 22.8 Å². The van der Waals surface area contributed by atoms with Gasteiger partial charge in [-0.1, -0.05) is 44.5 Å². The van der Waals surface area contributed by atoms with Crippen molar-refractivity contribution >= 4 is 17.6 Å². The van der Waals surface area contributed by atoms with Crippen molar-refractivity contribution in [1.82, 2.24) is 5.32 Å². The number of nitrogens with one attached hydrogen (secondary N) is 2. The molecule has 7 nitrogen and oxygen atoms in total. The van der Waals surface area contributed by atoms with E-state index in [4.69, 9.17) is 9.84 Å². The van der Waals surface area contributed by atoms with Crippen molar-refractivity contribution in [2.75, 3.05) is 18.5 Å². The Labute approximate surface area is 225 Å². The lowest BCUT2D eigenvalue weighted by atomic mass is 9.99. The first-order valence-electron chi connectivity index (χ1n) is 12.5. The summed E-state index contributed by atoms with van der Waals surface area (Å²) in [7, 11) is 0. The highest BCUT2D eigenvalue weighted by Crippen LogP contribution is 2.28. The first-order valence-corrected chi connectivity index (χ1v) is 12.5. The van der Waals surface area contributed by atoms with Crippen LogP contribution in [0.5, 0.6) is 11.5 Å². The fourth-order valence-electron chi connectivity index (χ4n) is 3.73. The largest absolute Gasteiger partial charge is 0.573 e. The van der Waals surface area contributed by atoms with Gasteiger partial charge in [-0.2, -0.15) is 0 Å². The topological polar surface area (TPSA) is 96.9 Å². The van der Waals surface area contributed by atoms with Gasteiger partial charge in [-0.15, -0.1) is 13.2 Å². The number of rotatable bonds is 13. The Morgan fingerprint density at radius 2 is 1.46 bits per heavy atom. The van der Waals surface area contributed by atoms with Gasteiger partial charge in [0.15, 0.2) is 0 Å². The number of halogens is 3. The Morgan fingerprint density at radius 1 is 0.897 bits per heavy atom. The fourth-order valence-corrected chi connectivity index (χ4v) is 3.73. The van der Waals surface area contributed by atoms with Crippen molar-refractivity contribution in [2.45, 2.75) is 39.1 Å². The molecule has 0 spiro atoms. The van der Waals surface area contributed by atoms with Crippen LogP contribution in [0.2, 0.25) is 0 Å². The maximum atomic E-state index is 12.4. The van der Waals surface area contributed by atoms with Gasteiger partial charge < -0.3 is 25.2 Å². The van der Waals surface area contributed by atoms with Gasteiger partial charge in [0.05, 0.1) is 12.5 Å². The Morgan fingerprint density at radius 3 is 1.97 bits per heavy atom. The molecular formula is C29H31F3N2O5. The van der Waals surface area contributed by atoms with E-state index in [1.54, 1.807) is 48.5 Å². The maximum absolute atomic E-state index is 12.4. The lowest BCUT2D eigenvalue weighted by Crippen LogP contribution is -2.33. The summed E-state index contributed by atoms with van der Waals surface area (Å²) in [6, 6.07) is 19.9. The van der Waals surface area contributed by atoms with E-state index in [-0.39, 0.29) is 36.6 Å². The quantitative estimate of drug-likeness (QED) is 0.232. The summed E-state index contributed by atoms with van der Waals surface area (Å²) in [6.45, 7) is 4.64. The number of anilines is 1. The number of amides is 1. The van der Waals surface area contributed by atoms with Crippen LogP contribution in [0.1, 0.15) is 37.0 Å². The molecule has 0 aromatic heterocycles. The predicted molar refractivity (Wildman–Crippen MR) is 142 cm³/mol. The Bertz CT molecular complexity index is 1210. The molecule has 10 heteroatoms. The molecule has 3 aromatic carbocycles. The molecule has 1 amide bonds. The minimum Gasteiger partial charge on any atom is -0.491 e. The van der Waals surface area contributed by atoms with Crippen LogP contribution in [0.4, 0.5) is 18.9 Å². The van der Waals surface area contributed by atoms with Gasteiger partial charge in [-0.3, -0.25) is 9.59 Å². The number of benzene rings is 3. The van der Waals surface area contributed by atoms with E-state index >= 15 is 0 Å². The summed E-state index contributed by atoms with van der Waals surface area (Å²) in [6.07, 6.45) is -3.95. The minimum absolute atomic E-state index is 0.0221. The van der Waals surface area contributed by atoms with Crippen molar-refractivity contribution in [1.29, 1.82) is 0 Å². The highest BCUT2D eigenvalue weighted by atomic mass is 19.4. The number of aliphatic carboxylic acids is 1. The van der Waals surface area contributed by atoms with Crippen molar-refractivity contribution in [3.63, 3.8) is 0 Å². The minimum atomic E-state index is -4.73. The van der Waals surface area contributed by atoms with Crippen LogP contribution >= 0.6 is 0 Å². The second-order valence-corrected chi connectivity index (χ2v) is 9.02. The molecule has 208 valence electrons. The summed E-state index contributed by atoms with van der Waals surface area (Å²) < 4.78 is 47.0. The molecule has 3 rings (SSSR count). The molecule has 0 radical (unpaired) electrons. The molecule has 0 saturated carbocycles. The van der Waals surface area contributed by atoms with E-state index in [0.29, 0.717) is 17.9 Å². The summed E-state index contributed by atoms with van der Waals surface area (Å²) in [5.74, 6) is -0.653. The highest BCUT2D eigenvalue weighted by molar-refractivity contribution is 5.94. The fraction of sp³-hybridized carbons (Fsp3) is 0.310. The second kappa shape index (κ2) is 13.5. The molecule has 39 heavy (non-hydrogen) atoms. The molecule has 2 atom stereocenters. The monoisotopic (exact) mass is 544 g/mol. The molecule has 0 heterocycles. The number of carboxylic acids is 1. The zero-order valence-electron chi connectivity index (χ0n) is 21.6. The molecule has 2 unspecified atom stereocenters. The average Bonchev–Trinajstić information content (AvgIpc) is 2.90. The number of carbonyl (C=O) groups excluding carboxylic acids is 1. The van der Waals surface area contributed by atoms with Gasteiger partial charge in [0.2, 0.25) is 0 Å². The summed E-state index contributed by atoms with van der Waals surface area (Å²) in [5.41, 5.74) is 2.82. The molecule has 0 aliphatic heterocycles. The molecule has 0 bridgehead atoms. The number of alkyl halides is 3. The lowest BCUT2D eigenvalue weighted by molar-refractivity contribution is -0.274. The van der Waals surface area contributed by atoms with Gasteiger partial charge in [-0.25, -0.2) is 0 Å². The van der Waals surface area contributed by atoms with Crippen LogP contribution in [0.25, 0.3) is 11.1 Å². The van der Waals surface area contributed by atoms with E-state index in [0.717, 1.165) is 23.2 Å². The maximum Gasteiger partial charge on any atom is 0.573 e. The van der Waals surface area contributed by atoms with Crippen LogP contribution in [-0.2, 0) is 4.79 Å². The summed E-state index contributed by atoms with van der Waals surface area (Å²) >= 11 is 0. The third kappa shape index (κ3) is 9.55. The van der Waals surface area contributed by atoms with Crippen LogP contribution < -0.4 is 20.1 Å². The number of hydrogen-bond donors (Lipinski definition) is 3. The highest BCUT2D eigenvalue weighted by Gasteiger charge is 2.31. The zero-order valence-corrected chi connectivity index (χ0v) is 21.6. The number of hydrogen-bond acceptors (Lipinski definition) is 5. The molecule has 3 aromatic rings. The van der Waals surface area contributed by atoms with Crippen LogP contribution in [0, 0.1) is 5.92 Å². The van der Waals surface area contributed by atoms with Crippen molar-refractivity contribution in [2.24, 2.45) is 5.92 Å². The van der Waals surface area contributed by atoms with E-state index in [1.165, 1.54) is 12.1 Å². The Kier molecular flexibility index (Phi) is 10.2. The van der Waals surface area contributed by atoms with Crippen molar-refractivity contribution in [3.05, 3.63) is 78.4 Å². The van der Waals surface area contributed by atoms with Crippen LogP contribution in [0.15, 0.2) is 72.8 Å². The molecule has 0 aliphatic carbocycles. The second-order valence-electron chi connectivity index (χ2n) is 9.02. The third-order valence-electron chi connectivity index (χ3n) is 6.16. The number of ether oxygens (including phenoxy) is 2. The molecular weight excluding hydrogens is 513 g/mol. The predicted octanol–water partition coefficient (Wildman–Crippen LogP) is 6.36. The molecule has 3 N–H and O–H groups in total. The first-order chi connectivity index (χ1) is 18.5. The summed E-state index contributed by atoms with van der Waals surface area (Å²) in [4.78, 5) is 22.8. The average molecular weight is 545 g/mol. The molecule has 0 aliphatic rings. The van der Waals surface area contributed by atoms with Crippen molar-refractivity contribution in [3.8, 4) is 22.6 Å². The first kappa shape index (κ1) is 29.3. The van der Waals surface area contributed by atoms with Gasteiger partial charge in [-0.05, 0) is 65.6 Å². The SMILES string of the molecule is CCC(C)C(COc1ccc(-c2ccc(OC(F)(F)F)cc2)cc1)Nc1ccc(C(=O)NCCC(=O)O)cc1. The zero-order chi connectivity index (χ0) is 28.4. The summed E-state index contributed by atoms with van der Waals surface area (Å²) in [5, 5.41) is 14.7. The lowest BCUT2D eigenvalue weighted by Gasteiger charge is -2.25. The van der Waals surface area contributed by atoms with E-state index in [1.807, 2.05) is 12.1 Å². The van der Waals surface area contributed by atoms with E-state index < -0.39 is 12.3 Å². The van der Waals surface area contributed by atoms with Crippen molar-refractivity contribution < 1.29 is 37.3 Å². The van der Waals surface area contributed by atoms with Crippen LogP contribution in [0.3, 0.4) is 0 Å². The van der Waals surface area contributed by atoms with Gasteiger partial charge >= 0.3 is 12.3 Å². The van der Waals surface area contributed by atoms with Gasteiger partial charge in [0.1, 0.15) is 18.1 Å². The molecule has 0 fully saturated rings. The van der Waals surface area contributed by atoms with Gasteiger partial charge in [0, 0.05) is 17.8 Å². The Balaban J connectivity index is 1.57. The molecule has 0 saturated heterocycles. The standard InChI is InChI=1S/C29H31F3N2O5/c1-3-19(2)26(34-23-10-4-22(5-11-23)28(37)33-17-16-27(35)36)18-38-24-12-6-20(7-13-24)21-8-14-25(15-9-21)39-29(30,31)32/h4-15,19,26,34H,3,16-18H2,1-2H3,(H,33,37)(H,35,36). The van der Waals surface area contributed by atoms with Gasteiger partial charge in [0.25, 0.3) is 5.91 Å². The van der Waals surface area contributed by atoms with Crippen LogP contribution in [-0.4, -0.2) is 42.5 Å². The number of carboxylic acid groups (broad SMARTS) is 1. The number of carbonyl (C=O) groups is 2.